The molecule has 0 unspecified atom stereocenters. The third kappa shape index (κ3) is 3.92. The third-order valence-electron chi connectivity index (χ3n) is 1.92. The van der Waals surface area contributed by atoms with E-state index in [1.807, 2.05) is 22.6 Å². The number of halogens is 1. The largest absolute Gasteiger partial charge is 0.439 e. The molecule has 16 heavy (non-hydrogen) atoms. The van der Waals surface area contributed by atoms with Gasteiger partial charge in [-0.15, -0.1) is 0 Å². The SMILES string of the molecule is CC(C)(C)c1cnc(NC(=O)OCI)nc1. The van der Waals surface area contributed by atoms with Crippen molar-refractivity contribution in [3.8, 4) is 0 Å². The summed E-state index contributed by atoms with van der Waals surface area (Å²) < 4.78 is 5.00. The van der Waals surface area contributed by atoms with Gasteiger partial charge in [-0.1, -0.05) is 20.8 Å². The van der Waals surface area contributed by atoms with Gasteiger partial charge in [-0.25, -0.2) is 14.8 Å². The second kappa shape index (κ2) is 5.42. The van der Waals surface area contributed by atoms with Crippen LogP contribution in [-0.2, 0) is 10.2 Å². The first kappa shape index (κ1) is 13.1. The Morgan fingerprint density at radius 2 is 2.00 bits per heavy atom. The highest BCUT2D eigenvalue weighted by atomic mass is 127. The molecule has 5 nitrogen and oxygen atoms in total. The van der Waals surface area contributed by atoms with Crippen LogP contribution < -0.4 is 5.32 Å². The minimum atomic E-state index is -0.544. The summed E-state index contributed by atoms with van der Waals surface area (Å²) in [6.07, 6.45) is 2.86. The van der Waals surface area contributed by atoms with Crippen molar-refractivity contribution >= 4 is 34.6 Å². The number of aromatic nitrogens is 2. The van der Waals surface area contributed by atoms with Gasteiger partial charge in [-0.3, -0.25) is 5.32 Å². The summed E-state index contributed by atoms with van der Waals surface area (Å²) in [5.74, 6) is 0.253. The average Bonchev–Trinajstić information content (AvgIpc) is 2.17. The van der Waals surface area contributed by atoms with Crippen LogP contribution in [0, 0.1) is 0 Å². The highest BCUT2D eigenvalue weighted by molar-refractivity contribution is 14.1. The number of hydrogen-bond acceptors (Lipinski definition) is 4. The zero-order valence-electron chi connectivity index (χ0n) is 9.45. The van der Waals surface area contributed by atoms with Gasteiger partial charge in [-0.05, 0) is 33.6 Å². The lowest BCUT2D eigenvalue weighted by Crippen LogP contribution is -2.16. The summed E-state index contributed by atoms with van der Waals surface area (Å²) in [5, 5.41) is 2.43. The van der Waals surface area contributed by atoms with Crippen LogP contribution in [0.3, 0.4) is 0 Å². The van der Waals surface area contributed by atoms with Gasteiger partial charge in [0.05, 0.1) is 0 Å². The van der Waals surface area contributed by atoms with Crippen LogP contribution >= 0.6 is 22.6 Å². The first-order chi connectivity index (χ1) is 7.43. The standard InChI is InChI=1S/C10H14IN3O2/c1-10(2,3)7-4-12-8(13-5-7)14-9(15)16-6-11/h4-5H,6H2,1-3H3,(H,12,13,14,15). The molecule has 1 rings (SSSR count). The van der Waals surface area contributed by atoms with Gasteiger partial charge >= 0.3 is 6.09 Å². The number of anilines is 1. The molecule has 0 spiro atoms. The summed E-state index contributed by atoms with van der Waals surface area (Å²) in [5.41, 5.74) is 1.02. The maximum Gasteiger partial charge on any atom is 0.414 e. The fourth-order valence-electron chi connectivity index (χ4n) is 0.957. The molecule has 0 saturated heterocycles. The van der Waals surface area contributed by atoms with E-state index in [9.17, 15) is 4.79 Å². The maximum atomic E-state index is 11.1. The first-order valence-electron chi connectivity index (χ1n) is 4.76. The Labute approximate surface area is 108 Å². The Hall–Kier alpha value is -0.920. The van der Waals surface area contributed by atoms with Crippen molar-refractivity contribution in [1.29, 1.82) is 0 Å². The molecule has 0 aromatic carbocycles. The van der Waals surface area contributed by atoms with Gasteiger partial charge in [0, 0.05) is 12.4 Å². The molecule has 0 radical (unpaired) electrons. The highest BCUT2D eigenvalue weighted by Gasteiger charge is 2.14. The fourth-order valence-corrected chi connectivity index (χ4v) is 1.24. The number of amides is 1. The Balaban J connectivity index is 2.69. The number of nitrogens with one attached hydrogen (secondary N) is 1. The van der Waals surface area contributed by atoms with Crippen LogP contribution in [-0.4, -0.2) is 20.7 Å². The Bertz CT molecular complexity index is 359. The van der Waals surface area contributed by atoms with Crippen LogP contribution in [0.2, 0.25) is 0 Å². The zero-order chi connectivity index (χ0) is 12.2. The van der Waals surface area contributed by atoms with Crippen molar-refractivity contribution < 1.29 is 9.53 Å². The molecule has 1 aromatic heterocycles. The Kier molecular flexibility index (Phi) is 4.45. The summed E-state index contributed by atoms with van der Waals surface area (Å²) in [6.45, 7) is 6.22. The molecule has 0 atom stereocenters. The molecule has 1 amide bonds. The number of hydrogen-bond donors (Lipinski definition) is 1. The van der Waals surface area contributed by atoms with Gasteiger partial charge in [-0.2, -0.15) is 0 Å². The van der Waals surface area contributed by atoms with Gasteiger partial charge in [0.1, 0.15) is 4.61 Å². The minimum absolute atomic E-state index is 0.00124. The average molecular weight is 335 g/mol. The van der Waals surface area contributed by atoms with Gasteiger partial charge in [0.2, 0.25) is 5.95 Å². The van der Waals surface area contributed by atoms with E-state index in [0.717, 1.165) is 5.56 Å². The predicted molar refractivity (Wildman–Crippen MR) is 69.7 cm³/mol. The molecule has 1 N–H and O–H groups in total. The highest BCUT2D eigenvalue weighted by Crippen LogP contribution is 2.20. The van der Waals surface area contributed by atoms with Crippen LogP contribution in [0.5, 0.6) is 0 Å². The van der Waals surface area contributed by atoms with Gasteiger partial charge in [0.15, 0.2) is 0 Å². The lowest BCUT2D eigenvalue weighted by Gasteiger charge is -2.17. The van der Waals surface area contributed by atoms with Crippen LogP contribution in [0.1, 0.15) is 26.3 Å². The second-order valence-corrected chi connectivity index (χ2v) is 4.83. The summed E-state index contributed by atoms with van der Waals surface area (Å²) in [7, 11) is 0. The molecule has 88 valence electrons. The number of rotatable bonds is 2. The Morgan fingerprint density at radius 3 is 2.44 bits per heavy atom. The van der Waals surface area contributed by atoms with E-state index in [2.05, 4.69) is 36.1 Å². The van der Waals surface area contributed by atoms with E-state index < -0.39 is 6.09 Å². The summed E-state index contributed by atoms with van der Waals surface area (Å²) in [6, 6.07) is 0. The molecule has 0 saturated carbocycles. The summed E-state index contributed by atoms with van der Waals surface area (Å²) >= 11 is 1.94. The predicted octanol–water partition coefficient (Wildman–Crippen LogP) is 2.72. The second-order valence-electron chi connectivity index (χ2n) is 4.21. The van der Waals surface area contributed by atoms with Crippen molar-refractivity contribution in [1.82, 2.24) is 9.97 Å². The normalized spacial score (nSPS) is 11.0. The van der Waals surface area contributed by atoms with Crippen LogP contribution in [0.25, 0.3) is 0 Å². The van der Waals surface area contributed by atoms with Crippen molar-refractivity contribution in [3.63, 3.8) is 0 Å². The molecule has 0 bridgehead atoms. The molecular weight excluding hydrogens is 321 g/mol. The lowest BCUT2D eigenvalue weighted by molar-refractivity contribution is 0.184. The zero-order valence-corrected chi connectivity index (χ0v) is 11.6. The topological polar surface area (TPSA) is 64.1 Å². The number of nitrogens with zero attached hydrogens (tertiary/aromatic N) is 2. The molecule has 6 heteroatoms. The lowest BCUT2D eigenvalue weighted by atomic mass is 9.89. The van der Waals surface area contributed by atoms with E-state index in [4.69, 9.17) is 4.74 Å². The smallest absolute Gasteiger partial charge is 0.414 e. The van der Waals surface area contributed by atoms with Crippen LogP contribution in [0.4, 0.5) is 10.7 Å². The Morgan fingerprint density at radius 1 is 1.44 bits per heavy atom. The van der Waals surface area contributed by atoms with E-state index in [0.29, 0.717) is 4.61 Å². The molecule has 1 heterocycles. The number of carbonyl (C=O) groups is 1. The van der Waals surface area contributed by atoms with E-state index in [1.54, 1.807) is 12.4 Å². The maximum absolute atomic E-state index is 11.1. The van der Waals surface area contributed by atoms with Crippen LogP contribution in [0.15, 0.2) is 12.4 Å². The van der Waals surface area contributed by atoms with Crippen molar-refractivity contribution in [2.45, 2.75) is 26.2 Å². The monoisotopic (exact) mass is 335 g/mol. The van der Waals surface area contributed by atoms with Crippen molar-refractivity contribution in [2.75, 3.05) is 9.93 Å². The number of alkyl halides is 1. The van der Waals surface area contributed by atoms with E-state index in [1.165, 1.54) is 0 Å². The molecule has 0 fully saturated rings. The minimum Gasteiger partial charge on any atom is -0.439 e. The molecule has 0 aliphatic rings. The number of carbonyl (C=O) groups excluding carboxylic acids is 1. The fraction of sp³-hybridized carbons (Fsp3) is 0.500. The third-order valence-corrected chi connectivity index (χ3v) is 2.23. The van der Waals surface area contributed by atoms with Gasteiger partial charge < -0.3 is 4.74 Å². The van der Waals surface area contributed by atoms with E-state index >= 15 is 0 Å². The molecule has 1 aromatic rings. The first-order valence-corrected chi connectivity index (χ1v) is 6.28. The molecule has 0 aliphatic carbocycles. The molecule has 0 aliphatic heterocycles. The number of ether oxygens (including phenoxy) is 1. The van der Waals surface area contributed by atoms with Crippen molar-refractivity contribution in [3.05, 3.63) is 18.0 Å². The quantitative estimate of drug-likeness (QED) is 0.667. The van der Waals surface area contributed by atoms with Crippen molar-refractivity contribution in [2.24, 2.45) is 0 Å². The van der Waals surface area contributed by atoms with E-state index in [-0.39, 0.29) is 11.4 Å². The molecular formula is C10H14IN3O2. The van der Waals surface area contributed by atoms with Gasteiger partial charge in [0.25, 0.3) is 0 Å². The summed E-state index contributed by atoms with van der Waals surface area (Å²) in [4.78, 5) is 19.2.